The molecule has 1 saturated heterocycles. The molecule has 0 aliphatic carbocycles. The van der Waals surface area contributed by atoms with Gasteiger partial charge in [-0.3, -0.25) is 4.79 Å². The van der Waals surface area contributed by atoms with E-state index in [1.54, 1.807) is 16.2 Å². The third-order valence-corrected chi connectivity index (χ3v) is 8.39. The second-order valence-corrected chi connectivity index (χ2v) is 11.5. The van der Waals surface area contributed by atoms with Crippen molar-refractivity contribution in [1.29, 1.82) is 0 Å². The first kappa shape index (κ1) is 20.4. The molecule has 0 radical (unpaired) electrons. The fraction of sp³-hybridized carbons (Fsp3) is 0.450. The zero-order valence-electron chi connectivity index (χ0n) is 15.6. The van der Waals surface area contributed by atoms with Crippen LogP contribution >= 0.6 is 23.1 Å². The van der Waals surface area contributed by atoms with Gasteiger partial charge in [-0.1, -0.05) is 32.0 Å². The van der Waals surface area contributed by atoms with Crippen molar-refractivity contribution >= 4 is 38.8 Å². The molecule has 1 aliphatic heterocycles. The number of sulfone groups is 1. The summed E-state index contributed by atoms with van der Waals surface area (Å²) in [5.41, 5.74) is 1.28. The molecule has 2 heterocycles. The number of thiophene rings is 1. The quantitative estimate of drug-likeness (QED) is 0.627. The van der Waals surface area contributed by atoms with Crippen molar-refractivity contribution in [2.45, 2.75) is 43.7 Å². The molecule has 4 nitrogen and oxygen atoms in total. The van der Waals surface area contributed by atoms with Crippen LogP contribution in [0.4, 0.5) is 0 Å². The Morgan fingerprint density at radius 2 is 2.00 bits per heavy atom. The van der Waals surface area contributed by atoms with Crippen LogP contribution in [-0.2, 0) is 21.2 Å². The molecule has 0 spiro atoms. The molecule has 1 aromatic heterocycles. The van der Waals surface area contributed by atoms with Crippen LogP contribution < -0.4 is 0 Å². The van der Waals surface area contributed by atoms with Gasteiger partial charge in [-0.2, -0.15) is 0 Å². The minimum Gasteiger partial charge on any atom is -0.333 e. The third kappa shape index (κ3) is 5.59. The molecule has 1 unspecified atom stereocenters. The molecule has 1 atom stereocenters. The van der Waals surface area contributed by atoms with Gasteiger partial charge in [0.1, 0.15) is 0 Å². The van der Waals surface area contributed by atoms with Crippen molar-refractivity contribution < 1.29 is 13.2 Å². The fourth-order valence-corrected chi connectivity index (χ4v) is 6.41. The van der Waals surface area contributed by atoms with Gasteiger partial charge in [0.05, 0.1) is 23.8 Å². The second kappa shape index (κ2) is 8.80. The Morgan fingerprint density at radius 1 is 1.26 bits per heavy atom. The summed E-state index contributed by atoms with van der Waals surface area (Å²) < 4.78 is 23.8. The molecule has 146 valence electrons. The Bertz CT molecular complexity index is 858. The lowest BCUT2D eigenvalue weighted by Gasteiger charge is -2.28. The predicted octanol–water partition coefficient (Wildman–Crippen LogP) is 4.18. The Labute approximate surface area is 169 Å². The summed E-state index contributed by atoms with van der Waals surface area (Å²) in [7, 11) is -3.03. The van der Waals surface area contributed by atoms with Crippen molar-refractivity contribution in [2.75, 3.05) is 17.3 Å². The lowest BCUT2D eigenvalue weighted by atomic mass is 10.0. The Balaban J connectivity index is 1.67. The van der Waals surface area contributed by atoms with Gasteiger partial charge in [0, 0.05) is 15.8 Å². The zero-order valence-corrected chi connectivity index (χ0v) is 18.1. The molecule has 7 heteroatoms. The Morgan fingerprint density at radius 3 is 2.56 bits per heavy atom. The smallest absolute Gasteiger partial charge is 0.233 e. The van der Waals surface area contributed by atoms with E-state index in [-0.39, 0.29) is 23.5 Å². The SMILES string of the molecule is CC(C)c1ccc(SCC(=O)N(Cc2cccs2)C2CCS(=O)(=O)C2)cc1. The summed E-state index contributed by atoms with van der Waals surface area (Å²) in [5, 5.41) is 1.98. The maximum absolute atomic E-state index is 12.9. The maximum atomic E-state index is 12.9. The van der Waals surface area contributed by atoms with Crippen molar-refractivity contribution in [3.63, 3.8) is 0 Å². The molecule has 27 heavy (non-hydrogen) atoms. The number of carbonyl (C=O) groups is 1. The molecule has 0 saturated carbocycles. The number of rotatable bonds is 7. The van der Waals surface area contributed by atoms with Crippen molar-refractivity contribution in [1.82, 2.24) is 4.90 Å². The minimum absolute atomic E-state index is 0.00318. The van der Waals surface area contributed by atoms with E-state index in [4.69, 9.17) is 0 Å². The number of nitrogens with zero attached hydrogens (tertiary/aromatic N) is 1. The number of amides is 1. The number of hydrogen-bond acceptors (Lipinski definition) is 5. The van der Waals surface area contributed by atoms with Crippen LogP contribution in [0.5, 0.6) is 0 Å². The summed E-state index contributed by atoms with van der Waals surface area (Å²) in [4.78, 5) is 16.8. The highest BCUT2D eigenvalue weighted by Crippen LogP contribution is 2.26. The Hall–Kier alpha value is -1.31. The maximum Gasteiger partial charge on any atom is 0.233 e. The summed E-state index contributed by atoms with van der Waals surface area (Å²) in [5.74, 6) is 1.07. The van der Waals surface area contributed by atoms with Gasteiger partial charge >= 0.3 is 0 Å². The zero-order chi connectivity index (χ0) is 19.4. The molecular formula is C20H25NO3S3. The van der Waals surface area contributed by atoms with Crippen LogP contribution in [0.15, 0.2) is 46.7 Å². The molecule has 0 bridgehead atoms. The minimum atomic E-state index is -3.03. The third-order valence-electron chi connectivity index (χ3n) is 4.78. The second-order valence-electron chi connectivity index (χ2n) is 7.17. The van der Waals surface area contributed by atoms with Crippen LogP contribution in [0.3, 0.4) is 0 Å². The lowest BCUT2D eigenvalue weighted by Crippen LogP contribution is -2.41. The first-order valence-corrected chi connectivity index (χ1v) is 12.8. The average Bonchev–Trinajstić information content (AvgIpc) is 3.27. The molecule has 3 rings (SSSR count). The van der Waals surface area contributed by atoms with Crippen LogP contribution in [0.1, 0.15) is 36.6 Å². The van der Waals surface area contributed by atoms with Gasteiger partial charge in [-0.05, 0) is 41.5 Å². The first-order chi connectivity index (χ1) is 12.8. The van der Waals surface area contributed by atoms with E-state index < -0.39 is 9.84 Å². The fourth-order valence-electron chi connectivity index (χ4n) is 3.19. The van der Waals surface area contributed by atoms with E-state index in [0.29, 0.717) is 24.6 Å². The molecule has 1 aliphatic rings. The van der Waals surface area contributed by atoms with E-state index in [1.807, 2.05) is 17.5 Å². The highest BCUT2D eigenvalue weighted by atomic mass is 32.2. The summed E-state index contributed by atoms with van der Waals surface area (Å²) >= 11 is 3.11. The standard InChI is InChI=1S/C20H25NO3S3/c1-15(2)16-5-7-18(8-6-16)26-13-20(22)21(12-19-4-3-10-25-19)17-9-11-27(23,24)14-17/h3-8,10,15,17H,9,11-14H2,1-2H3. The summed E-state index contributed by atoms with van der Waals surface area (Å²) in [6.45, 7) is 4.80. The molecule has 1 aromatic carbocycles. The molecule has 1 amide bonds. The summed E-state index contributed by atoms with van der Waals surface area (Å²) in [6, 6.07) is 12.0. The largest absolute Gasteiger partial charge is 0.333 e. The number of thioether (sulfide) groups is 1. The highest BCUT2D eigenvalue weighted by molar-refractivity contribution is 8.00. The molecule has 1 fully saturated rings. The van der Waals surface area contributed by atoms with E-state index in [9.17, 15) is 13.2 Å². The molecular weight excluding hydrogens is 398 g/mol. The van der Waals surface area contributed by atoms with Gasteiger partial charge < -0.3 is 4.90 Å². The van der Waals surface area contributed by atoms with Crippen molar-refractivity contribution in [3.05, 3.63) is 52.2 Å². The van der Waals surface area contributed by atoms with E-state index in [2.05, 4.69) is 38.1 Å². The van der Waals surface area contributed by atoms with Crippen LogP contribution in [0.25, 0.3) is 0 Å². The predicted molar refractivity (Wildman–Crippen MR) is 113 cm³/mol. The van der Waals surface area contributed by atoms with Crippen molar-refractivity contribution in [2.24, 2.45) is 0 Å². The van der Waals surface area contributed by atoms with Gasteiger partial charge in [0.2, 0.25) is 5.91 Å². The highest BCUT2D eigenvalue weighted by Gasteiger charge is 2.34. The topological polar surface area (TPSA) is 54.5 Å². The normalized spacial score (nSPS) is 18.7. The monoisotopic (exact) mass is 423 g/mol. The number of carbonyl (C=O) groups excluding carboxylic acids is 1. The van der Waals surface area contributed by atoms with Crippen LogP contribution in [0, 0.1) is 0 Å². The van der Waals surface area contributed by atoms with Gasteiger partial charge in [0.15, 0.2) is 9.84 Å². The van der Waals surface area contributed by atoms with E-state index in [1.165, 1.54) is 17.3 Å². The number of benzene rings is 1. The van der Waals surface area contributed by atoms with Gasteiger partial charge in [-0.25, -0.2) is 8.42 Å². The van der Waals surface area contributed by atoms with Gasteiger partial charge in [0.25, 0.3) is 0 Å². The lowest BCUT2D eigenvalue weighted by molar-refractivity contribution is -0.130. The van der Waals surface area contributed by atoms with E-state index in [0.717, 1.165) is 9.77 Å². The van der Waals surface area contributed by atoms with Crippen LogP contribution in [-0.4, -0.2) is 42.5 Å². The average molecular weight is 424 g/mol. The van der Waals surface area contributed by atoms with E-state index >= 15 is 0 Å². The number of hydrogen-bond donors (Lipinski definition) is 0. The first-order valence-electron chi connectivity index (χ1n) is 9.09. The Kier molecular flexibility index (Phi) is 6.65. The molecule has 0 N–H and O–H groups in total. The van der Waals surface area contributed by atoms with Crippen molar-refractivity contribution in [3.8, 4) is 0 Å². The van der Waals surface area contributed by atoms with Crippen LogP contribution in [0.2, 0.25) is 0 Å². The van der Waals surface area contributed by atoms with Gasteiger partial charge in [-0.15, -0.1) is 23.1 Å². The summed E-state index contributed by atoms with van der Waals surface area (Å²) in [6.07, 6.45) is 0.535. The molecule has 2 aromatic rings.